The standard InChI is InChI=1S/C15H11FN2O/c1-18(14-5-3-2-4-12(14)10-17)15(19)11-6-8-13(16)9-7-11/h2-9H,1H3. The molecule has 0 saturated carbocycles. The average molecular weight is 254 g/mol. The Morgan fingerprint density at radius 1 is 1.16 bits per heavy atom. The lowest BCUT2D eigenvalue weighted by atomic mass is 10.1. The molecule has 0 unspecified atom stereocenters. The van der Waals surface area contributed by atoms with Crippen molar-refractivity contribution >= 4 is 11.6 Å². The van der Waals surface area contributed by atoms with Crippen LogP contribution in [0.1, 0.15) is 15.9 Å². The van der Waals surface area contributed by atoms with Crippen LogP contribution >= 0.6 is 0 Å². The predicted octanol–water partition coefficient (Wildman–Crippen LogP) is 2.97. The number of hydrogen-bond donors (Lipinski definition) is 0. The summed E-state index contributed by atoms with van der Waals surface area (Å²) in [5.74, 6) is -0.681. The van der Waals surface area contributed by atoms with Crippen LogP contribution in [-0.4, -0.2) is 13.0 Å². The van der Waals surface area contributed by atoms with Crippen molar-refractivity contribution in [2.75, 3.05) is 11.9 Å². The summed E-state index contributed by atoms with van der Waals surface area (Å²) in [5.41, 5.74) is 1.32. The second-order valence-corrected chi connectivity index (χ2v) is 4.00. The van der Waals surface area contributed by atoms with E-state index in [9.17, 15) is 9.18 Å². The van der Waals surface area contributed by atoms with Gasteiger partial charge >= 0.3 is 0 Å². The van der Waals surface area contributed by atoms with Crippen molar-refractivity contribution < 1.29 is 9.18 Å². The summed E-state index contributed by atoms with van der Waals surface area (Å²) in [7, 11) is 1.59. The van der Waals surface area contributed by atoms with E-state index < -0.39 is 5.82 Å². The molecule has 0 heterocycles. The third kappa shape index (κ3) is 2.61. The number of anilines is 1. The summed E-state index contributed by atoms with van der Waals surface area (Å²) in [5, 5.41) is 9.02. The van der Waals surface area contributed by atoms with Crippen molar-refractivity contribution in [2.45, 2.75) is 0 Å². The van der Waals surface area contributed by atoms with Crippen LogP contribution in [-0.2, 0) is 0 Å². The van der Waals surface area contributed by atoms with E-state index in [4.69, 9.17) is 5.26 Å². The van der Waals surface area contributed by atoms with Gasteiger partial charge < -0.3 is 4.90 Å². The SMILES string of the molecule is CN(C(=O)c1ccc(F)cc1)c1ccccc1C#N. The molecule has 0 radical (unpaired) electrons. The van der Waals surface area contributed by atoms with E-state index in [1.165, 1.54) is 29.2 Å². The molecule has 0 spiro atoms. The summed E-state index contributed by atoms with van der Waals surface area (Å²) >= 11 is 0. The molecule has 2 aromatic rings. The number of hydrogen-bond acceptors (Lipinski definition) is 2. The summed E-state index contributed by atoms with van der Waals surface area (Å²) in [6, 6.07) is 14.2. The average Bonchev–Trinajstić information content (AvgIpc) is 2.46. The highest BCUT2D eigenvalue weighted by molar-refractivity contribution is 6.06. The number of nitriles is 1. The maximum Gasteiger partial charge on any atom is 0.258 e. The lowest BCUT2D eigenvalue weighted by Crippen LogP contribution is -2.26. The molecule has 4 heteroatoms. The maximum atomic E-state index is 12.8. The van der Waals surface area contributed by atoms with Gasteiger partial charge in [-0.3, -0.25) is 4.79 Å². The van der Waals surface area contributed by atoms with Gasteiger partial charge in [-0.25, -0.2) is 4.39 Å². The van der Waals surface area contributed by atoms with E-state index in [0.717, 1.165) is 0 Å². The fourth-order valence-electron chi connectivity index (χ4n) is 1.76. The lowest BCUT2D eigenvalue weighted by Gasteiger charge is -2.18. The molecule has 1 amide bonds. The zero-order valence-corrected chi connectivity index (χ0v) is 10.3. The Balaban J connectivity index is 2.34. The summed E-state index contributed by atoms with van der Waals surface area (Å²) < 4.78 is 12.8. The van der Waals surface area contributed by atoms with Crippen LogP contribution < -0.4 is 4.90 Å². The van der Waals surface area contributed by atoms with Crippen molar-refractivity contribution in [3.8, 4) is 6.07 Å². The third-order valence-corrected chi connectivity index (χ3v) is 2.78. The largest absolute Gasteiger partial charge is 0.310 e. The zero-order valence-electron chi connectivity index (χ0n) is 10.3. The number of benzene rings is 2. The van der Waals surface area contributed by atoms with Crippen LogP contribution in [0.25, 0.3) is 0 Å². The first kappa shape index (κ1) is 12.8. The van der Waals surface area contributed by atoms with Crippen LogP contribution in [0.2, 0.25) is 0 Å². The molecule has 0 saturated heterocycles. The number of carbonyl (C=O) groups excluding carboxylic acids is 1. The van der Waals surface area contributed by atoms with E-state index >= 15 is 0 Å². The Kier molecular flexibility index (Phi) is 3.58. The van der Waals surface area contributed by atoms with Crippen LogP contribution in [0, 0.1) is 17.1 Å². The molecule has 0 atom stereocenters. The molecule has 2 aromatic carbocycles. The van der Waals surface area contributed by atoms with Crippen LogP contribution in [0.4, 0.5) is 10.1 Å². The van der Waals surface area contributed by atoms with E-state index in [1.54, 1.807) is 31.3 Å². The molecule has 0 aliphatic carbocycles. The Morgan fingerprint density at radius 3 is 2.42 bits per heavy atom. The first-order valence-electron chi connectivity index (χ1n) is 5.66. The molecule has 2 rings (SSSR count). The van der Waals surface area contributed by atoms with Gasteiger partial charge in [0.15, 0.2) is 0 Å². The number of para-hydroxylation sites is 1. The van der Waals surface area contributed by atoms with Crippen molar-refractivity contribution in [3.05, 3.63) is 65.5 Å². The van der Waals surface area contributed by atoms with E-state index in [2.05, 4.69) is 0 Å². The highest BCUT2D eigenvalue weighted by Gasteiger charge is 2.15. The minimum absolute atomic E-state index is 0.289. The zero-order chi connectivity index (χ0) is 13.8. The minimum atomic E-state index is -0.392. The second-order valence-electron chi connectivity index (χ2n) is 4.00. The normalized spacial score (nSPS) is 9.74. The van der Waals surface area contributed by atoms with Gasteiger partial charge in [-0.2, -0.15) is 5.26 Å². The van der Waals surface area contributed by atoms with E-state index in [1.807, 2.05) is 6.07 Å². The second kappa shape index (κ2) is 5.32. The molecule has 0 N–H and O–H groups in total. The Labute approximate surface area is 110 Å². The molecule has 0 fully saturated rings. The van der Waals surface area contributed by atoms with Crippen molar-refractivity contribution in [3.63, 3.8) is 0 Å². The topological polar surface area (TPSA) is 44.1 Å². The first-order valence-corrected chi connectivity index (χ1v) is 5.66. The molecular formula is C15H11FN2O. The Hall–Kier alpha value is -2.67. The molecule has 19 heavy (non-hydrogen) atoms. The molecule has 0 aliphatic heterocycles. The van der Waals surface area contributed by atoms with Gasteiger partial charge in [0, 0.05) is 12.6 Å². The summed E-state index contributed by atoms with van der Waals surface area (Å²) in [6.07, 6.45) is 0. The Bertz CT molecular complexity index is 644. The van der Waals surface area contributed by atoms with Gasteiger partial charge in [0.25, 0.3) is 5.91 Å². The van der Waals surface area contributed by atoms with Gasteiger partial charge in [-0.05, 0) is 36.4 Å². The number of nitrogens with zero attached hydrogens (tertiary/aromatic N) is 2. The maximum absolute atomic E-state index is 12.8. The number of amides is 1. The van der Waals surface area contributed by atoms with Gasteiger partial charge in [-0.15, -0.1) is 0 Å². The summed E-state index contributed by atoms with van der Waals surface area (Å²) in [4.78, 5) is 13.6. The van der Waals surface area contributed by atoms with E-state index in [0.29, 0.717) is 16.8 Å². The molecule has 0 bridgehead atoms. The van der Waals surface area contributed by atoms with Gasteiger partial charge in [-0.1, -0.05) is 12.1 Å². The molecule has 94 valence electrons. The number of carbonyl (C=O) groups is 1. The van der Waals surface area contributed by atoms with Crippen LogP contribution in [0.5, 0.6) is 0 Å². The smallest absolute Gasteiger partial charge is 0.258 e. The monoisotopic (exact) mass is 254 g/mol. The Morgan fingerprint density at radius 2 is 1.79 bits per heavy atom. The third-order valence-electron chi connectivity index (χ3n) is 2.78. The highest BCUT2D eigenvalue weighted by atomic mass is 19.1. The molecule has 0 aromatic heterocycles. The number of rotatable bonds is 2. The summed E-state index contributed by atoms with van der Waals surface area (Å²) in [6.45, 7) is 0. The van der Waals surface area contributed by atoms with Crippen molar-refractivity contribution in [1.29, 1.82) is 5.26 Å². The first-order chi connectivity index (χ1) is 9.13. The number of halogens is 1. The fraction of sp³-hybridized carbons (Fsp3) is 0.0667. The van der Waals surface area contributed by atoms with Crippen molar-refractivity contribution in [2.24, 2.45) is 0 Å². The van der Waals surface area contributed by atoms with Gasteiger partial charge in [0.1, 0.15) is 11.9 Å². The molecule has 0 aliphatic rings. The predicted molar refractivity (Wildman–Crippen MR) is 70.3 cm³/mol. The molecule has 3 nitrogen and oxygen atoms in total. The van der Waals surface area contributed by atoms with Crippen LogP contribution in [0.3, 0.4) is 0 Å². The van der Waals surface area contributed by atoms with E-state index in [-0.39, 0.29) is 5.91 Å². The lowest BCUT2D eigenvalue weighted by molar-refractivity contribution is 0.0993. The quantitative estimate of drug-likeness (QED) is 0.827. The fourth-order valence-corrected chi connectivity index (χ4v) is 1.76. The minimum Gasteiger partial charge on any atom is -0.310 e. The highest BCUT2D eigenvalue weighted by Crippen LogP contribution is 2.20. The van der Waals surface area contributed by atoms with Crippen LogP contribution in [0.15, 0.2) is 48.5 Å². The molecular weight excluding hydrogens is 243 g/mol. The van der Waals surface area contributed by atoms with Crippen molar-refractivity contribution in [1.82, 2.24) is 0 Å². The van der Waals surface area contributed by atoms with Gasteiger partial charge in [0.05, 0.1) is 11.3 Å². The van der Waals surface area contributed by atoms with Gasteiger partial charge in [0.2, 0.25) is 0 Å².